The van der Waals surface area contributed by atoms with Gasteiger partial charge in [0.15, 0.2) is 21.4 Å². The predicted molar refractivity (Wildman–Crippen MR) is 176 cm³/mol. The van der Waals surface area contributed by atoms with Crippen LogP contribution < -0.4 is 9.47 Å². The Morgan fingerprint density at radius 1 is 0.690 bits per heavy atom. The third-order valence-corrected chi connectivity index (χ3v) is 7.54. The number of hydrogen-bond donors (Lipinski definition) is 0. The van der Waals surface area contributed by atoms with Gasteiger partial charge in [0.2, 0.25) is 0 Å². The highest BCUT2D eigenvalue weighted by molar-refractivity contribution is 14.1. The van der Waals surface area contributed by atoms with Crippen LogP contribution in [0.3, 0.4) is 0 Å². The van der Waals surface area contributed by atoms with E-state index in [1.165, 1.54) is 6.07 Å². The van der Waals surface area contributed by atoms with Crippen LogP contribution >= 0.6 is 45.2 Å². The molecule has 0 fully saturated rings. The van der Waals surface area contributed by atoms with Crippen molar-refractivity contribution in [2.75, 3.05) is 13.2 Å². The molecule has 42 heavy (non-hydrogen) atoms. The highest BCUT2D eigenvalue weighted by Crippen LogP contribution is 2.29. The van der Waals surface area contributed by atoms with Crippen LogP contribution in [0.2, 0.25) is 0 Å². The molecule has 0 saturated carbocycles. The molecule has 0 aliphatic rings. The van der Waals surface area contributed by atoms with E-state index in [-0.39, 0.29) is 33.6 Å². The summed E-state index contributed by atoms with van der Waals surface area (Å²) in [7, 11) is 0. The average Bonchev–Trinajstić information content (AvgIpc) is 2.98. The van der Waals surface area contributed by atoms with Gasteiger partial charge in [-0.05, 0) is 105 Å². The number of hydrogen-bond acceptors (Lipinski definition) is 8. The zero-order valence-electron chi connectivity index (χ0n) is 23.6. The second kappa shape index (κ2) is 17.9. The minimum atomic E-state index is -0.543. The minimum absolute atomic E-state index is 0.108. The lowest BCUT2D eigenvalue weighted by Crippen LogP contribution is -2.19. The fourth-order valence-electron chi connectivity index (χ4n) is 3.75. The maximum atomic E-state index is 13.0. The van der Waals surface area contributed by atoms with Gasteiger partial charge in [-0.2, -0.15) is 0 Å². The van der Waals surface area contributed by atoms with Gasteiger partial charge in [0, 0.05) is 0 Å². The zero-order valence-corrected chi connectivity index (χ0v) is 27.9. The van der Waals surface area contributed by atoms with Crippen molar-refractivity contribution >= 4 is 63.1 Å². The molecular formula is C32H34I2O8. The Bertz CT molecular complexity index is 1310. The maximum Gasteiger partial charge on any atom is 0.345 e. The Labute approximate surface area is 273 Å². The van der Waals surface area contributed by atoms with Crippen LogP contribution in [-0.4, -0.2) is 39.3 Å². The molecule has 0 saturated heterocycles. The van der Waals surface area contributed by atoms with Crippen molar-refractivity contribution in [1.82, 2.24) is 0 Å². The molecule has 0 aromatic heterocycles. The van der Waals surface area contributed by atoms with Crippen molar-refractivity contribution < 1.29 is 38.1 Å². The number of ether oxygens (including phenoxy) is 5. The Hall–Kier alpha value is -2.87. The van der Waals surface area contributed by atoms with Gasteiger partial charge >= 0.3 is 17.9 Å². The molecule has 0 radical (unpaired) electrons. The van der Waals surface area contributed by atoms with Crippen LogP contribution in [-0.2, 0) is 30.4 Å². The summed E-state index contributed by atoms with van der Waals surface area (Å²) in [4.78, 5) is 37.5. The maximum absolute atomic E-state index is 13.0. The fourth-order valence-corrected chi connectivity index (χ4v) is 5.56. The molecule has 2 atom stereocenters. The van der Waals surface area contributed by atoms with Gasteiger partial charge in [-0.1, -0.05) is 69.2 Å². The highest BCUT2D eigenvalue weighted by atomic mass is 127. The van der Waals surface area contributed by atoms with Gasteiger partial charge in [-0.3, -0.25) is 0 Å². The molecule has 0 amide bonds. The lowest BCUT2D eigenvalue weighted by Gasteiger charge is -2.14. The summed E-state index contributed by atoms with van der Waals surface area (Å²) < 4.78 is 27.2. The summed E-state index contributed by atoms with van der Waals surface area (Å²) in [6.07, 6.45) is 3.31. The molecule has 2 unspecified atom stereocenters. The van der Waals surface area contributed by atoms with Gasteiger partial charge in [-0.15, -0.1) is 0 Å². The molecule has 3 aromatic carbocycles. The smallest absolute Gasteiger partial charge is 0.345 e. The standard InChI is InChI=1S/C32H34I2O8/c1-3-9-28(33)41-30(35)20-38-26-14-8-13-23(16-26)24-15-25(32(37)40-19-22-11-6-5-7-12-22)18-27(17-24)39-21-31(36)42-29(34)10-4-2/h5-8,11-18,28-29H,3-4,9-10,19-21H2,1-2H3. The van der Waals surface area contributed by atoms with Gasteiger partial charge in [0.25, 0.3) is 0 Å². The Morgan fingerprint density at radius 3 is 1.90 bits per heavy atom. The van der Waals surface area contributed by atoms with Crippen molar-refractivity contribution in [2.45, 2.75) is 54.4 Å². The number of esters is 3. The molecule has 0 bridgehead atoms. The first-order valence-electron chi connectivity index (χ1n) is 13.7. The van der Waals surface area contributed by atoms with E-state index in [1.807, 2.05) is 50.2 Å². The number of alkyl halides is 2. The predicted octanol–water partition coefficient (Wildman–Crippen LogP) is 7.68. The monoisotopic (exact) mass is 800 g/mol. The van der Waals surface area contributed by atoms with Crippen LogP contribution in [0.15, 0.2) is 72.8 Å². The molecule has 0 aliphatic heterocycles. The third kappa shape index (κ3) is 11.8. The first-order chi connectivity index (χ1) is 20.3. The van der Waals surface area contributed by atoms with Crippen LogP contribution in [0.25, 0.3) is 11.1 Å². The van der Waals surface area contributed by atoms with Crippen molar-refractivity contribution in [3.8, 4) is 22.6 Å². The van der Waals surface area contributed by atoms with Crippen molar-refractivity contribution in [1.29, 1.82) is 0 Å². The quantitative estimate of drug-likeness (QED) is 0.0631. The van der Waals surface area contributed by atoms with Crippen LogP contribution in [0.4, 0.5) is 0 Å². The van der Waals surface area contributed by atoms with E-state index in [0.29, 0.717) is 22.6 Å². The third-order valence-electron chi connectivity index (χ3n) is 5.79. The van der Waals surface area contributed by atoms with Crippen molar-refractivity contribution in [3.05, 3.63) is 83.9 Å². The molecule has 3 rings (SSSR count). The minimum Gasteiger partial charge on any atom is -0.482 e. The second-order valence-corrected chi connectivity index (χ2v) is 12.1. The molecule has 0 aliphatic carbocycles. The second-order valence-electron chi connectivity index (χ2n) is 9.29. The van der Waals surface area contributed by atoms with Crippen molar-refractivity contribution in [3.63, 3.8) is 0 Å². The molecular weight excluding hydrogens is 766 g/mol. The van der Waals surface area contributed by atoms with E-state index in [9.17, 15) is 14.4 Å². The molecule has 0 N–H and O–H groups in total. The van der Waals surface area contributed by atoms with Crippen LogP contribution in [0, 0.1) is 0 Å². The Balaban J connectivity index is 1.78. The van der Waals surface area contributed by atoms with E-state index >= 15 is 0 Å². The van der Waals surface area contributed by atoms with Gasteiger partial charge in [0.05, 0.1) is 5.56 Å². The van der Waals surface area contributed by atoms with E-state index in [2.05, 4.69) is 45.2 Å². The van der Waals surface area contributed by atoms with Gasteiger partial charge in [0.1, 0.15) is 18.1 Å². The topological polar surface area (TPSA) is 97.4 Å². The van der Waals surface area contributed by atoms with E-state index in [4.69, 9.17) is 23.7 Å². The Kier molecular flexibility index (Phi) is 14.4. The summed E-state index contributed by atoms with van der Waals surface area (Å²) in [6, 6.07) is 21.4. The molecule has 224 valence electrons. The lowest BCUT2D eigenvalue weighted by atomic mass is 10.0. The number of benzene rings is 3. The molecule has 0 heterocycles. The number of carbonyl (C=O) groups is 3. The van der Waals surface area contributed by atoms with Gasteiger partial charge in [-0.25, -0.2) is 14.4 Å². The summed E-state index contributed by atoms with van der Waals surface area (Å²) >= 11 is 4.16. The molecule has 0 spiro atoms. The summed E-state index contributed by atoms with van der Waals surface area (Å²) in [5.41, 5.74) is 2.45. The Morgan fingerprint density at radius 2 is 1.29 bits per heavy atom. The lowest BCUT2D eigenvalue weighted by molar-refractivity contribution is -0.147. The number of rotatable bonds is 16. The van der Waals surface area contributed by atoms with E-state index in [1.54, 1.807) is 30.3 Å². The average molecular weight is 800 g/mol. The SMILES string of the molecule is CCCC(I)OC(=O)COc1cccc(-c2cc(OCC(=O)OC(I)CCC)cc(C(=O)OCc3ccccc3)c2)c1. The largest absolute Gasteiger partial charge is 0.482 e. The molecule has 8 nitrogen and oxygen atoms in total. The van der Waals surface area contributed by atoms with Crippen LogP contribution in [0.5, 0.6) is 11.5 Å². The molecule has 3 aromatic rings. The van der Waals surface area contributed by atoms with Crippen molar-refractivity contribution in [2.24, 2.45) is 0 Å². The fraction of sp³-hybridized carbons (Fsp3) is 0.344. The summed E-state index contributed by atoms with van der Waals surface area (Å²) in [6.45, 7) is 3.60. The molecule has 10 heteroatoms. The van der Waals surface area contributed by atoms with E-state index in [0.717, 1.165) is 31.2 Å². The number of halogens is 2. The highest BCUT2D eigenvalue weighted by Gasteiger charge is 2.16. The van der Waals surface area contributed by atoms with E-state index < -0.39 is 17.9 Å². The normalized spacial score (nSPS) is 12.1. The first-order valence-corrected chi connectivity index (χ1v) is 16.2. The summed E-state index contributed by atoms with van der Waals surface area (Å²) in [5.74, 6) is -0.741. The first kappa shape index (κ1) is 33.6. The zero-order chi connectivity index (χ0) is 30.3. The van der Waals surface area contributed by atoms with Gasteiger partial charge < -0.3 is 23.7 Å². The summed E-state index contributed by atoms with van der Waals surface area (Å²) in [5, 5.41) is 0. The van der Waals surface area contributed by atoms with Crippen LogP contribution in [0.1, 0.15) is 55.5 Å². The number of carbonyl (C=O) groups excluding carboxylic acids is 3.